The molecule has 2 N–H and O–H groups in total. The molecule has 2 amide bonds. The summed E-state index contributed by atoms with van der Waals surface area (Å²) in [7, 11) is 0. The van der Waals surface area contributed by atoms with Crippen LogP contribution in [0.1, 0.15) is 13.8 Å². The summed E-state index contributed by atoms with van der Waals surface area (Å²) in [5.41, 5.74) is -0.777. The van der Waals surface area contributed by atoms with Crippen LogP contribution >= 0.6 is 15.9 Å². The molecule has 0 spiro atoms. The Kier molecular flexibility index (Phi) is 5.15. The van der Waals surface area contributed by atoms with Gasteiger partial charge in [-0.05, 0) is 54.0 Å². The zero-order valence-corrected chi connectivity index (χ0v) is 14.3. The van der Waals surface area contributed by atoms with Crippen LogP contribution in [0.15, 0.2) is 53.0 Å². The molecule has 0 saturated heterocycles. The molecule has 0 unspecified atom stereocenters. The van der Waals surface area contributed by atoms with Crippen molar-refractivity contribution in [2.75, 3.05) is 10.6 Å². The van der Waals surface area contributed by atoms with Crippen LogP contribution in [0.5, 0.6) is 0 Å². The highest BCUT2D eigenvalue weighted by atomic mass is 79.9. The summed E-state index contributed by atoms with van der Waals surface area (Å²) in [6, 6.07) is 12.9. The minimum Gasteiger partial charge on any atom is -0.324 e. The number of nitrogens with one attached hydrogen (secondary N) is 2. The maximum Gasteiger partial charge on any atom is 0.239 e. The molecule has 0 heterocycles. The second kappa shape index (κ2) is 6.91. The third-order valence-corrected chi connectivity index (χ3v) is 4.07. The van der Waals surface area contributed by atoms with E-state index in [1.54, 1.807) is 24.3 Å². The van der Waals surface area contributed by atoms with Crippen LogP contribution in [0, 0.1) is 11.2 Å². The van der Waals surface area contributed by atoms with E-state index in [-0.39, 0.29) is 5.69 Å². The fraction of sp³-hybridized carbons (Fsp3) is 0.176. The molecule has 0 aliphatic heterocycles. The minimum absolute atomic E-state index is 0.0410. The topological polar surface area (TPSA) is 58.2 Å². The van der Waals surface area contributed by atoms with Crippen molar-refractivity contribution >= 4 is 39.1 Å². The number of hydrogen-bond acceptors (Lipinski definition) is 2. The number of para-hydroxylation sites is 2. The lowest BCUT2D eigenvalue weighted by molar-refractivity contribution is -0.135. The van der Waals surface area contributed by atoms with E-state index in [4.69, 9.17) is 0 Å². The van der Waals surface area contributed by atoms with Gasteiger partial charge in [-0.25, -0.2) is 4.39 Å². The van der Waals surface area contributed by atoms with Crippen molar-refractivity contribution in [2.24, 2.45) is 5.41 Å². The zero-order valence-electron chi connectivity index (χ0n) is 12.7. The maximum absolute atomic E-state index is 13.6. The van der Waals surface area contributed by atoms with Crippen LogP contribution in [-0.4, -0.2) is 11.8 Å². The van der Waals surface area contributed by atoms with Gasteiger partial charge in [0.15, 0.2) is 0 Å². The molecule has 2 rings (SSSR count). The lowest BCUT2D eigenvalue weighted by atomic mass is 9.90. The Bertz CT molecular complexity index is 685. The SMILES string of the molecule is CC(C)(C(=O)Nc1ccccc1F)C(=O)Nc1ccccc1Br. The molecule has 0 aromatic heterocycles. The summed E-state index contributed by atoms with van der Waals surface area (Å²) in [5.74, 6) is -1.63. The molecule has 0 saturated carbocycles. The van der Waals surface area contributed by atoms with Crippen LogP contribution in [0.4, 0.5) is 15.8 Å². The number of amides is 2. The molecule has 2 aromatic rings. The summed E-state index contributed by atoms with van der Waals surface area (Å²) in [6.45, 7) is 2.96. The van der Waals surface area contributed by atoms with Crippen molar-refractivity contribution in [3.63, 3.8) is 0 Å². The summed E-state index contributed by atoms with van der Waals surface area (Å²) in [5, 5.41) is 5.14. The largest absolute Gasteiger partial charge is 0.324 e. The van der Waals surface area contributed by atoms with Gasteiger partial charge in [-0.2, -0.15) is 0 Å². The van der Waals surface area contributed by atoms with Crippen molar-refractivity contribution in [3.8, 4) is 0 Å². The van der Waals surface area contributed by atoms with Gasteiger partial charge in [0.1, 0.15) is 11.2 Å². The normalized spacial score (nSPS) is 11.0. The molecule has 2 aromatic carbocycles. The van der Waals surface area contributed by atoms with E-state index < -0.39 is 23.0 Å². The van der Waals surface area contributed by atoms with Gasteiger partial charge < -0.3 is 10.6 Å². The van der Waals surface area contributed by atoms with E-state index >= 15 is 0 Å². The Balaban J connectivity index is 2.13. The molecule has 6 heteroatoms. The van der Waals surface area contributed by atoms with Gasteiger partial charge in [0, 0.05) is 4.47 Å². The summed E-state index contributed by atoms with van der Waals surface area (Å²) in [6.07, 6.45) is 0. The third kappa shape index (κ3) is 3.96. The van der Waals surface area contributed by atoms with Gasteiger partial charge in [-0.15, -0.1) is 0 Å². The molecule has 23 heavy (non-hydrogen) atoms. The zero-order chi connectivity index (χ0) is 17.0. The van der Waals surface area contributed by atoms with E-state index in [9.17, 15) is 14.0 Å². The first-order valence-corrected chi connectivity index (χ1v) is 7.73. The molecule has 0 bridgehead atoms. The Hall–Kier alpha value is -2.21. The maximum atomic E-state index is 13.6. The Morgan fingerprint density at radius 2 is 1.39 bits per heavy atom. The average Bonchev–Trinajstić information content (AvgIpc) is 2.51. The number of rotatable bonds is 4. The van der Waals surface area contributed by atoms with Crippen LogP contribution in [-0.2, 0) is 9.59 Å². The highest BCUT2D eigenvalue weighted by Gasteiger charge is 2.36. The van der Waals surface area contributed by atoms with Gasteiger partial charge >= 0.3 is 0 Å². The number of carbonyl (C=O) groups excluding carboxylic acids is 2. The van der Waals surface area contributed by atoms with E-state index in [0.29, 0.717) is 10.2 Å². The fourth-order valence-electron chi connectivity index (χ4n) is 1.79. The molecule has 0 fully saturated rings. The average molecular weight is 379 g/mol. The molecule has 120 valence electrons. The molecule has 0 atom stereocenters. The van der Waals surface area contributed by atoms with E-state index in [1.165, 1.54) is 32.0 Å². The lowest BCUT2D eigenvalue weighted by Gasteiger charge is -2.23. The summed E-state index contributed by atoms with van der Waals surface area (Å²) >= 11 is 3.33. The van der Waals surface area contributed by atoms with Crippen LogP contribution < -0.4 is 10.6 Å². The van der Waals surface area contributed by atoms with Crippen LogP contribution in [0.2, 0.25) is 0 Å². The summed E-state index contributed by atoms with van der Waals surface area (Å²) in [4.78, 5) is 24.8. The number of halogens is 2. The monoisotopic (exact) mass is 378 g/mol. The number of carbonyl (C=O) groups is 2. The second-order valence-electron chi connectivity index (χ2n) is 5.49. The summed E-state index contributed by atoms with van der Waals surface area (Å²) < 4.78 is 14.3. The molecular weight excluding hydrogens is 363 g/mol. The standard InChI is InChI=1S/C17H16BrFN2O2/c1-17(2,15(22)20-13-9-5-3-7-11(13)18)16(23)21-14-10-6-4-8-12(14)19/h3-10H,1-2H3,(H,20,22)(H,21,23). The van der Waals surface area contributed by atoms with Gasteiger partial charge in [0.05, 0.1) is 11.4 Å². The van der Waals surface area contributed by atoms with Crippen molar-refractivity contribution in [2.45, 2.75) is 13.8 Å². The first-order valence-electron chi connectivity index (χ1n) is 6.94. The third-order valence-electron chi connectivity index (χ3n) is 3.38. The molecular formula is C17H16BrFN2O2. The highest BCUT2D eigenvalue weighted by Crippen LogP contribution is 2.26. The molecule has 0 aliphatic rings. The smallest absolute Gasteiger partial charge is 0.239 e. The first kappa shape index (κ1) is 17.1. The lowest BCUT2D eigenvalue weighted by Crippen LogP contribution is -2.41. The van der Waals surface area contributed by atoms with Crippen LogP contribution in [0.3, 0.4) is 0 Å². The molecule has 0 radical (unpaired) electrons. The van der Waals surface area contributed by atoms with E-state index in [0.717, 1.165) is 0 Å². The number of benzene rings is 2. The minimum atomic E-state index is -1.38. The van der Waals surface area contributed by atoms with E-state index in [2.05, 4.69) is 26.6 Å². The predicted molar refractivity (Wildman–Crippen MR) is 91.6 cm³/mol. The van der Waals surface area contributed by atoms with Crippen molar-refractivity contribution in [3.05, 3.63) is 58.8 Å². The van der Waals surface area contributed by atoms with Gasteiger partial charge in [0.2, 0.25) is 11.8 Å². The van der Waals surface area contributed by atoms with E-state index in [1.807, 2.05) is 6.07 Å². The molecule has 0 aliphatic carbocycles. The number of anilines is 2. The Morgan fingerprint density at radius 1 is 0.913 bits per heavy atom. The Labute approximate surface area is 142 Å². The van der Waals surface area contributed by atoms with Crippen LogP contribution in [0.25, 0.3) is 0 Å². The predicted octanol–water partition coefficient (Wildman–Crippen LogP) is 4.19. The first-order chi connectivity index (χ1) is 10.8. The number of hydrogen-bond donors (Lipinski definition) is 2. The fourth-order valence-corrected chi connectivity index (χ4v) is 2.17. The second-order valence-corrected chi connectivity index (χ2v) is 6.35. The Morgan fingerprint density at radius 3 is 1.96 bits per heavy atom. The van der Waals surface area contributed by atoms with Crippen molar-refractivity contribution in [1.82, 2.24) is 0 Å². The molecule has 4 nitrogen and oxygen atoms in total. The van der Waals surface area contributed by atoms with Crippen molar-refractivity contribution in [1.29, 1.82) is 0 Å². The quantitative estimate of drug-likeness (QED) is 0.783. The highest BCUT2D eigenvalue weighted by molar-refractivity contribution is 9.10. The van der Waals surface area contributed by atoms with Crippen molar-refractivity contribution < 1.29 is 14.0 Å². The van der Waals surface area contributed by atoms with Gasteiger partial charge in [0.25, 0.3) is 0 Å². The van der Waals surface area contributed by atoms with Gasteiger partial charge in [-0.1, -0.05) is 24.3 Å². The van der Waals surface area contributed by atoms with Gasteiger partial charge in [-0.3, -0.25) is 9.59 Å².